The Kier molecular flexibility index (Phi) is 4.76. The molecule has 84 valence electrons. The summed E-state index contributed by atoms with van der Waals surface area (Å²) in [6, 6.07) is 0. The van der Waals surface area contributed by atoms with Gasteiger partial charge in [-0.3, -0.25) is 0 Å². The van der Waals surface area contributed by atoms with Crippen LogP contribution in [0.25, 0.3) is 0 Å². The van der Waals surface area contributed by atoms with Gasteiger partial charge in [0.25, 0.3) is 10.2 Å². The fourth-order valence-electron chi connectivity index (χ4n) is 1.28. The van der Waals surface area contributed by atoms with Gasteiger partial charge in [0.1, 0.15) is 0 Å². The Labute approximate surface area is 85.2 Å². The number of rotatable bonds is 5. The van der Waals surface area contributed by atoms with E-state index in [0.717, 1.165) is 13.1 Å². The van der Waals surface area contributed by atoms with Crippen molar-refractivity contribution in [3.05, 3.63) is 0 Å². The Morgan fingerprint density at radius 3 is 2.50 bits per heavy atom. The van der Waals surface area contributed by atoms with Crippen LogP contribution in [-0.2, 0) is 10.2 Å². The van der Waals surface area contributed by atoms with Crippen molar-refractivity contribution in [3.63, 3.8) is 0 Å². The highest BCUT2D eigenvalue weighted by Crippen LogP contribution is 1.98. The second-order valence-electron chi connectivity index (χ2n) is 3.15. The van der Waals surface area contributed by atoms with Crippen LogP contribution in [0.5, 0.6) is 0 Å². The molecule has 0 aromatic heterocycles. The van der Waals surface area contributed by atoms with Crippen LogP contribution < -0.4 is 15.4 Å². The molecule has 0 atom stereocenters. The van der Waals surface area contributed by atoms with Crippen LogP contribution in [0, 0.1) is 0 Å². The molecular formula is C7H18N4O2S. The lowest BCUT2D eigenvalue weighted by molar-refractivity contribution is 0.355. The van der Waals surface area contributed by atoms with Crippen molar-refractivity contribution in [2.24, 2.45) is 0 Å². The standard InChI is InChI=1S/C7H18N4O2S/c1-8-2-3-10-14(12,13)11-6-4-9-5-7-11/h8-10H,2-7H2,1H3. The highest BCUT2D eigenvalue weighted by Gasteiger charge is 2.22. The molecule has 0 saturated carbocycles. The van der Waals surface area contributed by atoms with E-state index in [0.29, 0.717) is 26.2 Å². The first kappa shape index (κ1) is 11.9. The predicted octanol–water partition coefficient (Wildman–Crippen LogP) is -2.05. The lowest BCUT2D eigenvalue weighted by atomic mass is 10.4. The summed E-state index contributed by atoms with van der Waals surface area (Å²) >= 11 is 0. The van der Waals surface area contributed by atoms with E-state index in [1.165, 1.54) is 4.31 Å². The Morgan fingerprint density at radius 2 is 1.93 bits per heavy atom. The predicted molar refractivity (Wildman–Crippen MR) is 55.3 cm³/mol. The molecule has 0 spiro atoms. The van der Waals surface area contributed by atoms with Crippen molar-refractivity contribution < 1.29 is 8.42 Å². The average molecular weight is 222 g/mol. The number of likely N-dealkylation sites (N-methyl/N-ethyl adjacent to an activating group) is 1. The summed E-state index contributed by atoms with van der Waals surface area (Å²) in [5.74, 6) is 0. The van der Waals surface area contributed by atoms with Crippen molar-refractivity contribution in [3.8, 4) is 0 Å². The van der Waals surface area contributed by atoms with Crippen LogP contribution >= 0.6 is 0 Å². The fraction of sp³-hybridized carbons (Fsp3) is 1.00. The number of hydrogen-bond donors (Lipinski definition) is 3. The summed E-state index contributed by atoms with van der Waals surface area (Å²) in [7, 11) is -1.46. The molecule has 0 unspecified atom stereocenters. The molecule has 0 bridgehead atoms. The third kappa shape index (κ3) is 3.50. The van der Waals surface area contributed by atoms with Gasteiger partial charge in [-0.15, -0.1) is 0 Å². The summed E-state index contributed by atoms with van der Waals surface area (Å²) in [4.78, 5) is 0. The van der Waals surface area contributed by atoms with E-state index in [1.54, 1.807) is 7.05 Å². The largest absolute Gasteiger partial charge is 0.318 e. The first-order chi connectivity index (χ1) is 6.67. The zero-order valence-electron chi connectivity index (χ0n) is 8.41. The Balaban J connectivity index is 2.38. The van der Waals surface area contributed by atoms with Gasteiger partial charge in [0.2, 0.25) is 0 Å². The number of nitrogens with zero attached hydrogens (tertiary/aromatic N) is 1. The lowest BCUT2D eigenvalue weighted by Crippen LogP contribution is -2.51. The topological polar surface area (TPSA) is 73.5 Å². The van der Waals surface area contributed by atoms with Crippen LogP contribution in [0.1, 0.15) is 0 Å². The van der Waals surface area contributed by atoms with E-state index in [1.807, 2.05) is 0 Å². The molecule has 0 aromatic rings. The quantitative estimate of drug-likeness (QED) is 0.468. The zero-order valence-corrected chi connectivity index (χ0v) is 9.23. The van der Waals surface area contributed by atoms with Crippen molar-refractivity contribution in [1.29, 1.82) is 0 Å². The Hall–Kier alpha value is -0.210. The van der Waals surface area contributed by atoms with Gasteiger partial charge in [-0.05, 0) is 7.05 Å². The molecule has 1 aliphatic heterocycles. The minimum Gasteiger partial charge on any atom is -0.318 e. The molecular weight excluding hydrogens is 204 g/mol. The Bertz CT molecular complexity index is 248. The third-order valence-electron chi connectivity index (χ3n) is 2.08. The maximum absolute atomic E-state index is 11.6. The molecule has 1 heterocycles. The van der Waals surface area contributed by atoms with Crippen LogP contribution in [0.3, 0.4) is 0 Å². The summed E-state index contributed by atoms with van der Waals surface area (Å²) in [6.07, 6.45) is 0. The van der Waals surface area contributed by atoms with Gasteiger partial charge < -0.3 is 10.6 Å². The van der Waals surface area contributed by atoms with Crippen LogP contribution in [0.4, 0.5) is 0 Å². The minimum atomic E-state index is -3.25. The summed E-state index contributed by atoms with van der Waals surface area (Å²) in [6.45, 7) is 3.64. The van der Waals surface area contributed by atoms with Crippen molar-refractivity contribution in [2.75, 3.05) is 46.3 Å². The zero-order chi connectivity index (χ0) is 10.4. The van der Waals surface area contributed by atoms with Gasteiger partial charge in [0, 0.05) is 39.3 Å². The molecule has 7 heteroatoms. The van der Waals surface area contributed by atoms with Gasteiger partial charge >= 0.3 is 0 Å². The third-order valence-corrected chi connectivity index (χ3v) is 3.69. The average Bonchev–Trinajstić information content (AvgIpc) is 2.19. The fourth-order valence-corrected chi connectivity index (χ4v) is 2.49. The highest BCUT2D eigenvalue weighted by molar-refractivity contribution is 7.87. The van der Waals surface area contributed by atoms with E-state index < -0.39 is 10.2 Å². The van der Waals surface area contributed by atoms with E-state index in [9.17, 15) is 8.42 Å². The van der Waals surface area contributed by atoms with E-state index in [2.05, 4.69) is 15.4 Å². The second-order valence-corrected chi connectivity index (χ2v) is 4.91. The molecule has 3 N–H and O–H groups in total. The van der Waals surface area contributed by atoms with Gasteiger partial charge in [-0.2, -0.15) is 12.7 Å². The maximum Gasteiger partial charge on any atom is 0.279 e. The van der Waals surface area contributed by atoms with Gasteiger partial charge in [0.15, 0.2) is 0 Å². The summed E-state index contributed by atoms with van der Waals surface area (Å²) in [5.41, 5.74) is 0. The van der Waals surface area contributed by atoms with E-state index >= 15 is 0 Å². The van der Waals surface area contributed by atoms with Gasteiger partial charge in [-0.25, -0.2) is 4.72 Å². The highest BCUT2D eigenvalue weighted by atomic mass is 32.2. The first-order valence-electron chi connectivity index (χ1n) is 4.77. The molecule has 14 heavy (non-hydrogen) atoms. The molecule has 0 aliphatic carbocycles. The SMILES string of the molecule is CNCCNS(=O)(=O)N1CCNCC1. The molecule has 0 amide bonds. The number of piperazine rings is 1. The molecule has 0 radical (unpaired) electrons. The van der Waals surface area contributed by atoms with Gasteiger partial charge in [-0.1, -0.05) is 0 Å². The normalized spacial score (nSPS) is 19.8. The second kappa shape index (κ2) is 5.62. The molecule has 0 aromatic carbocycles. The van der Waals surface area contributed by atoms with Crippen LogP contribution in [-0.4, -0.2) is 59.0 Å². The van der Waals surface area contributed by atoms with E-state index in [-0.39, 0.29) is 0 Å². The molecule has 1 fully saturated rings. The summed E-state index contributed by atoms with van der Waals surface area (Å²) < 4.78 is 27.2. The van der Waals surface area contributed by atoms with E-state index in [4.69, 9.17) is 0 Å². The van der Waals surface area contributed by atoms with Crippen molar-refractivity contribution in [2.45, 2.75) is 0 Å². The van der Waals surface area contributed by atoms with Crippen molar-refractivity contribution in [1.82, 2.24) is 19.7 Å². The number of nitrogens with one attached hydrogen (secondary N) is 3. The van der Waals surface area contributed by atoms with Crippen molar-refractivity contribution >= 4 is 10.2 Å². The van der Waals surface area contributed by atoms with Gasteiger partial charge in [0.05, 0.1) is 0 Å². The minimum absolute atomic E-state index is 0.433. The first-order valence-corrected chi connectivity index (χ1v) is 6.21. The monoisotopic (exact) mass is 222 g/mol. The molecule has 1 rings (SSSR count). The van der Waals surface area contributed by atoms with Crippen LogP contribution in [0.2, 0.25) is 0 Å². The molecule has 1 saturated heterocycles. The maximum atomic E-state index is 11.6. The molecule has 6 nitrogen and oxygen atoms in total. The molecule has 1 aliphatic rings. The summed E-state index contributed by atoms with van der Waals surface area (Å²) in [5, 5.41) is 5.99. The van der Waals surface area contributed by atoms with Crippen LogP contribution in [0.15, 0.2) is 0 Å². The smallest absolute Gasteiger partial charge is 0.279 e. The Morgan fingerprint density at radius 1 is 1.29 bits per heavy atom. The number of hydrogen-bond acceptors (Lipinski definition) is 4. The lowest BCUT2D eigenvalue weighted by Gasteiger charge is -2.26.